The largest absolute Gasteiger partial charge is 0.387 e. The predicted molar refractivity (Wildman–Crippen MR) is 138 cm³/mol. The van der Waals surface area contributed by atoms with E-state index in [2.05, 4.69) is 37.7 Å². The van der Waals surface area contributed by atoms with E-state index in [0.717, 1.165) is 26.2 Å². The van der Waals surface area contributed by atoms with Gasteiger partial charge >= 0.3 is 0 Å². The molecule has 0 aliphatic carbocycles. The summed E-state index contributed by atoms with van der Waals surface area (Å²) in [6, 6.07) is 11.7. The third-order valence-electron chi connectivity index (χ3n) is 5.91. The summed E-state index contributed by atoms with van der Waals surface area (Å²) >= 11 is 3.65. The van der Waals surface area contributed by atoms with Crippen molar-refractivity contribution in [3.8, 4) is 17.4 Å². The van der Waals surface area contributed by atoms with Crippen LogP contribution in [-0.2, 0) is 10.5 Å². The maximum absolute atomic E-state index is 10.8. The van der Waals surface area contributed by atoms with Gasteiger partial charge in [-0.05, 0) is 29.5 Å². The quantitative estimate of drug-likeness (QED) is 0.280. The molecule has 12 heteroatoms. The normalized spacial score (nSPS) is 22.0. The summed E-state index contributed by atoms with van der Waals surface area (Å²) in [5, 5.41) is 35.4. The molecule has 4 atom stereocenters. The van der Waals surface area contributed by atoms with E-state index >= 15 is 0 Å². The highest BCUT2D eigenvalue weighted by Gasteiger charge is 2.44. The summed E-state index contributed by atoms with van der Waals surface area (Å²) in [6.07, 6.45) is -2.08. The first-order valence-corrected chi connectivity index (χ1v) is 13.0. The molecule has 0 saturated carbocycles. The number of hydrogen-bond donors (Lipinski definition) is 3. The van der Waals surface area contributed by atoms with Gasteiger partial charge < -0.3 is 29.8 Å². The highest BCUT2D eigenvalue weighted by Crippen LogP contribution is 2.37. The standard InChI is InChI=1S/C23H21IN6O4S/c1-11-13(20(34-29-11)12-5-3-2-4-6-12)9-35-10-15-18(31)19(32)23(33-15)30-8-14(24)17-21(26)27-16(7-25)28-22(17)30/h2-6,8,15,18-19,23,31-32H,9-10H2,1H3,(H2,26,27,28)/t15-,18-,19-,23-/m1/s1. The Balaban J connectivity index is 1.33. The summed E-state index contributed by atoms with van der Waals surface area (Å²) in [5.41, 5.74) is 9.13. The number of nitrogens with two attached hydrogens (primary N) is 1. The van der Waals surface area contributed by atoms with Crippen LogP contribution in [0.1, 0.15) is 23.3 Å². The Bertz CT molecular complexity index is 1420. The van der Waals surface area contributed by atoms with Gasteiger partial charge in [0.15, 0.2) is 12.0 Å². The Kier molecular flexibility index (Phi) is 6.69. The average molecular weight is 604 g/mol. The number of fused-ring (bicyclic) bond motifs is 1. The molecule has 0 radical (unpaired) electrons. The van der Waals surface area contributed by atoms with Crippen molar-refractivity contribution < 1.29 is 19.5 Å². The molecular formula is C23H21IN6O4S. The number of hydrogen-bond acceptors (Lipinski definition) is 10. The molecule has 0 unspecified atom stereocenters. The minimum atomic E-state index is -1.19. The van der Waals surface area contributed by atoms with E-state index in [9.17, 15) is 15.5 Å². The lowest BCUT2D eigenvalue weighted by molar-refractivity contribution is -0.0286. The van der Waals surface area contributed by atoms with Gasteiger partial charge in [0.1, 0.15) is 29.7 Å². The van der Waals surface area contributed by atoms with Gasteiger partial charge in [-0.15, -0.1) is 0 Å². The maximum Gasteiger partial charge on any atom is 0.236 e. The first-order valence-electron chi connectivity index (χ1n) is 10.7. The van der Waals surface area contributed by atoms with Crippen molar-refractivity contribution in [3.05, 3.63) is 57.2 Å². The van der Waals surface area contributed by atoms with Crippen LogP contribution in [0.25, 0.3) is 22.4 Å². The number of rotatable bonds is 6. The van der Waals surface area contributed by atoms with Crippen LogP contribution in [0.5, 0.6) is 0 Å². The van der Waals surface area contributed by atoms with E-state index in [1.165, 1.54) is 0 Å². The van der Waals surface area contributed by atoms with Crippen LogP contribution >= 0.6 is 34.4 Å². The van der Waals surface area contributed by atoms with E-state index in [4.69, 9.17) is 15.0 Å². The summed E-state index contributed by atoms with van der Waals surface area (Å²) < 4.78 is 14.0. The SMILES string of the molecule is Cc1noc(-c2ccccc2)c1CSC[C@H]1O[C@@H](n2cc(I)c3c(N)nc(C#N)nc32)[C@H](O)[C@@H]1O. The number of benzene rings is 1. The lowest BCUT2D eigenvalue weighted by Crippen LogP contribution is -2.32. The fraction of sp³-hybridized carbons (Fsp3) is 0.304. The molecule has 1 aliphatic rings. The molecule has 1 fully saturated rings. The van der Waals surface area contributed by atoms with Crippen molar-refractivity contribution in [3.63, 3.8) is 0 Å². The third kappa shape index (κ3) is 4.38. The Hall–Kier alpha value is -2.70. The Morgan fingerprint density at radius 1 is 1.23 bits per heavy atom. The van der Waals surface area contributed by atoms with Crippen LogP contribution in [0.3, 0.4) is 0 Å². The monoisotopic (exact) mass is 604 g/mol. The highest BCUT2D eigenvalue weighted by molar-refractivity contribution is 14.1. The minimum absolute atomic E-state index is 0.0794. The van der Waals surface area contributed by atoms with Gasteiger partial charge in [-0.25, -0.2) is 9.97 Å². The molecule has 1 aromatic carbocycles. The Labute approximate surface area is 218 Å². The summed E-state index contributed by atoms with van der Waals surface area (Å²) in [6.45, 7) is 1.90. The van der Waals surface area contributed by atoms with Crippen LogP contribution in [0.4, 0.5) is 5.82 Å². The maximum atomic E-state index is 10.8. The number of nitrogen functional groups attached to an aromatic ring is 1. The second kappa shape index (κ2) is 9.75. The Morgan fingerprint density at radius 2 is 2.00 bits per heavy atom. The van der Waals surface area contributed by atoms with Crippen molar-refractivity contribution >= 4 is 51.2 Å². The number of anilines is 1. The molecule has 35 heavy (non-hydrogen) atoms. The van der Waals surface area contributed by atoms with E-state index in [0.29, 0.717) is 22.5 Å². The molecule has 0 bridgehead atoms. The van der Waals surface area contributed by atoms with Crippen LogP contribution in [0.15, 0.2) is 41.1 Å². The predicted octanol–water partition coefficient (Wildman–Crippen LogP) is 3.01. The summed E-state index contributed by atoms with van der Waals surface area (Å²) in [5.74, 6) is 1.86. The number of ether oxygens (including phenoxy) is 1. The highest BCUT2D eigenvalue weighted by atomic mass is 127. The van der Waals surface area contributed by atoms with Crippen LogP contribution < -0.4 is 5.73 Å². The van der Waals surface area contributed by atoms with Gasteiger partial charge in [0, 0.05) is 32.4 Å². The van der Waals surface area contributed by atoms with E-state index < -0.39 is 24.5 Å². The van der Waals surface area contributed by atoms with Crippen molar-refractivity contribution in [1.29, 1.82) is 5.26 Å². The van der Waals surface area contributed by atoms with E-state index in [1.54, 1.807) is 22.5 Å². The third-order valence-corrected chi connectivity index (χ3v) is 7.79. The summed E-state index contributed by atoms with van der Waals surface area (Å²) in [7, 11) is 0. The average Bonchev–Trinajstić information content (AvgIpc) is 3.49. The number of nitriles is 1. The molecule has 180 valence electrons. The molecule has 3 aromatic heterocycles. The molecule has 4 N–H and O–H groups in total. The topological polar surface area (TPSA) is 156 Å². The van der Waals surface area contributed by atoms with Gasteiger partial charge in [-0.3, -0.25) is 0 Å². The van der Waals surface area contributed by atoms with Crippen molar-refractivity contribution in [2.24, 2.45) is 0 Å². The molecule has 0 spiro atoms. The second-order valence-electron chi connectivity index (χ2n) is 8.13. The fourth-order valence-corrected chi connectivity index (χ4v) is 6.11. The van der Waals surface area contributed by atoms with Gasteiger partial charge in [-0.2, -0.15) is 17.0 Å². The molecule has 0 amide bonds. The minimum Gasteiger partial charge on any atom is -0.387 e. The molecule has 10 nitrogen and oxygen atoms in total. The van der Waals surface area contributed by atoms with Crippen molar-refractivity contribution in [2.75, 3.05) is 11.5 Å². The number of aryl methyl sites for hydroxylation is 1. The number of nitrogens with zero attached hydrogens (tertiary/aromatic N) is 5. The van der Waals surface area contributed by atoms with Crippen LogP contribution in [0.2, 0.25) is 0 Å². The fourth-order valence-electron chi connectivity index (χ4n) is 4.12. The first-order chi connectivity index (χ1) is 16.9. The number of aromatic nitrogens is 4. The zero-order valence-corrected chi connectivity index (χ0v) is 21.5. The number of aliphatic hydroxyl groups is 2. The van der Waals surface area contributed by atoms with Gasteiger partial charge in [0.2, 0.25) is 5.82 Å². The molecule has 5 rings (SSSR count). The molecule has 1 aliphatic heterocycles. The lowest BCUT2D eigenvalue weighted by atomic mass is 10.1. The van der Waals surface area contributed by atoms with E-state index in [1.807, 2.05) is 43.3 Å². The Morgan fingerprint density at radius 3 is 2.74 bits per heavy atom. The molecule has 4 aromatic rings. The number of thioether (sulfide) groups is 1. The second-order valence-corrected chi connectivity index (χ2v) is 10.3. The number of aliphatic hydroxyl groups excluding tert-OH is 2. The van der Waals surface area contributed by atoms with Crippen molar-refractivity contribution in [2.45, 2.75) is 37.2 Å². The van der Waals surface area contributed by atoms with Gasteiger partial charge in [-0.1, -0.05) is 35.5 Å². The van der Waals surface area contributed by atoms with E-state index in [-0.39, 0.29) is 11.6 Å². The zero-order chi connectivity index (χ0) is 24.7. The van der Waals surface area contributed by atoms with Crippen molar-refractivity contribution in [1.82, 2.24) is 19.7 Å². The molecular weight excluding hydrogens is 583 g/mol. The number of halogens is 1. The molecule has 4 heterocycles. The first kappa shape index (κ1) is 24.0. The molecule has 1 saturated heterocycles. The van der Waals surface area contributed by atoms with Gasteiger partial charge in [0.05, 0.1) is 17.2 Å². The van der Waals surface area contributed by atoms with Gasteiger partial charge in [0.25, 0.3) is 0 Å². The smallest absolute Gasteiger partial charge is 0.236 e. The lowest BCUT2D eigenvalue weighted by Gasteiger charge is -2.17. The zero-order valence-electron chi connectivity index (χ0n) is 18.5. The van der Waals surface area contributed by atoms with Crippen LogP contribution in [-0.4, -0.2) is 54.0 Å². The van der Waals surface area contributed by atoms with Crippen LogP contribution in [0, 0.1) is 21.8 Å². The summed E-state index contributed by atoms with van der Waals surface area (Å²) in [4.78, 5) is 8.25.